The molecule has 0 saturated heterocycles. The first-order valence-electron chi connectivity index (χ1n) is 12.6. The molecule has 0 unspecified atom stereocenters. The minimum Gasteiger partial charge on any atom is -0.332 e. The summed E-state index contributed by atoms with van der Waals surface area (Å²) in [4.78, 5) is 56.7. The Bertz CT molecular complexity index is 1600. The largest absolute Gasteiger partial charge is 0.333 e. The molecule has 4 aromatic rings. The highest BCUT2D eigenvalue weighted by Gasteiger charge is 2.31. The van der Waals surface area contributed by atoms with Crippen LogP contribution in [0.3, 0.4) is 0 Å². The number of rotatable bonds is 8. The minimum absolute atomic E-state index is 0.0495. The van der Waals surface area contributed by atoms with Gasteiger partial charge in [0.2, 0.25) is 5.95 Å². The maximum absolute atomic E-state index is 13.3. The van der Waals surface area contributed by atoms with Gasteiger partial charge in [0.05, 0.1) is 5.56 Å². The number of hydrogen-bond acceptors (Lipinski definition) is 6. The van der Waals surface area contributed by atoms with E-state index in [-0.39, 0.29) is 28.8 Å². The second-order valence-electron chi connectivity index (χ2n) is 9.76. The molecule has 11 heteroatoms. The summed E-state index contributed by atoms with van der Waals surface area (Å²) in [6.07, 6.45) is 7.27. The van der Waals surface area contributed by atoms with E-state index in [4.69, 9.17) is 0 Å². The van der Waals surface area contributed by atoms with Gasteiger partial charge in [-0.2, -0.15) is 4.39 Å². The molecule has 0 atom stereocenters. The van der Waals surface area contributed by atoms with E-state index in [1.54, 1.807) is 27.8 Å². The molecule has 2 fully saturated rings. The van der Waals surface area contributed by atoms with Gasteiger partial charge < -0.3 is 4.98 Å². The Labute approximate surface area is 210 Å². The fourth-order valence-corrected chi connectivity index (χ4v) is 4.54. The third-order valence-electron chi connectivity index (χ3n) is 6.82. The van der Waals surface area contributed by atoms with Crippen LogP contribution in [0.15, 0.2) is 46.2 Å². The molecule has 0 radical (unpaired) electrons. The second kappa shape index (κ2) is 9.06. The number of fused-ring (bicyclic) bond motifs is 1. The van der Waals surface area contributed by atoms with E-state index >= 15 is 0 Å². The summed E-state index contributed by atoms with van der Waals surface area (Å²) in [7, 11) is 0. The first-order chi connectivity index (χ1) is 17.9. The number of anilines is 1. The molecule has 2 aliphatic rings. The van der Waals surface area contributed by atoms with E-state index < -0.39 is 5.95 Å². The lowest BCUT2D eigenvalue weighted by Gasteiger charge is -2.21. The lowest BCUT2D eigenvalue weighted by Crippen LogP contribution is -2.39. The summed E-state index contributed by atoms with van der Waals surface area (Å²) in [6.45, 7) is 2.94. The van der Waals surface area contributed by atoms with Crippen molar-refractivity contribution in [2.24, 2.45) is 5.92 Å². The highest BCUT2D eigenvalue weighted by molar-refractivity contribution is 6.05. The van der Waals surface area contributed by atoms with Crippen LogP contribution in [0, 0.1) is 11.9 Å². The molecule has 0 spiro atoms. The van der Waals surface area contributed by atoms with E-state index in [0.29, 0.717) is 47.4 Å². The monoisotopic (exact) mass is 503 g/mol. The standard InChI is InChI=1S/C26H26FN7O3/c1-2-11-32-23-21(25(36)34(26(32)37)18-7-8-18)30-22(31-23)16-6-10-20(29-12-16)33(14-15-3-4-15)24(35)17-5-9-19(27)28-13-17/h5-6,9-10,12-13,15,18H,2-4,7-8,11,14H2,1H3,(H,30,31). The lowest BCUT2D eigenvalue weighted by molar-refractivity contribution is 0.0984. The average molecular weight is 504 g/mol. The van der Waals surface area contributed by atoms with Gasteiger partial charge >= 0.3 is 5.69 Å². The number of aromatic nitrogens is 6. The van der Waals surface area contributed by atoms with Crippen LogP contribution in [0.25, 0.3) is 22.6 Å². The third-order valence-corrected chi connectivity index (χ3v) is 6.82. The average Bonchev–Trinajstić information content (AvgIpc) is 3.84. The summed E-state index contributed by atoms with van der Waals surface area (Å²) in [5, 5.41) is 0. The quantitative estimate of drug-likeness (QED) is 0.369. The van der Waals surface area contributed by atoms with Crippen molar-refractivity contribution in [3.63, 3.8) is 0 Å². The molecule has 4 heterocycles. The predicted molar refractivity (Wildman–Crippen MR) is 135 cm³/mol. The Hall–Kier alpha value is -4.15. The molecule has 10 nitrogen and oxygen atoms in total. The van der Waals surface area contributed by atoms with Crippen molar-refractivity contribution in [2.45, 2.75) is 51.6 Å². The van der Waals surface area contributed by atoms with Gasteiger partial charge in [0.1, 0.15) is 17.2 Å². The molecule has 1 N–H and O–H groups in total. The van der Waals surface area contributed by atoms with Gasteiger partial charge in [-0.3, -0.25) is 23.6 Å². The van der Waals surface area contributed by atoms with Gasteiger partial charge in [-0.05, 0) is 62.3 Å². The Balaban J connectivity index is 1.36. The molecular weight excluding hydrogens is 477 g/mol. The normalized spacial score (nSPS) is 15.3. The topological polar surface area (TPSA) is 119 Å². The van der Waals surface area contributed by atoms with Crippen LogP contribution in [-0.4, -0.2) is 41.5 Å². The van der Waals surface area contributed by atoms with E-state index in [0.717, 1.165) is 38.2 Å². The number of aryl methyl sites for hydroxylation is 1. The van der Waals surface area contributed by atoms with Gasteiger partial charge in [0.25, 0.3) is 11.5 Å². The van der Waals surface area contributed by atoms with Crippen molar-refractivity contribution in [2.75, 3.05) is 11.4 Å². The van der Waals surface area contributed by atoms with Crippen LogP contribution >= 0.6 is 0 Å². The molecule has 2 aliphatic carbocycles. The van der Waals surface area contributed by atoms with Crippen LogP contribution in [-0.2, 0) is 6.54 Å². The molecule has 0 aliphatic heterocycles. The highest BCUT2D eigenvalue weighted by atomic mass is 19.1. The molecule has 1 amide bonds. The smallest absolute Gasteiger partial charge is 0.332 e. The number of halogens is 1. The molecule has 0 bridgehead atoms. The molecule has 190 valence electrons. The fraction of sp³-hybridized carbons (Fsp3) is 0.385. The predicted octanol–water partition coefficient (Wildman–Crippen LogP) is 3.28. The fourth-order valence-electron chi connectivity index (χ4n) is 4.54. The Morgan fingerprint density at radius 1 is 1.11 bits per heavy atom. The Kier molecular flexibility index (Phi) is 5.69. The maximum Gasteiger partial charge on any atom is 0.333 e. The van der Waals surface area contributed by atoms with Gasteiger partial charge in [-0.25, -0.2) is 19.7 Å². The first kappa shape index (κ1) is 23.3. The van der Waals surface area contributed by atoms with Gasteiger partial charge in [0.15, 0.2) is 5.65 Å². The Morgan fingerprint density at radius 3 is 2.54 bits per heavy atom. The summed E-state index contributed by atoms with van der Waals surface area (Å²) in [6, 6.07) is 6.03. The van der Waals surface area contributed by atoms with Gasteiger partial charge in [0, 0.05) is 37.1 Å². The number of H-pyrrole nitrogens is 1. The lowest BCUT2D eigenvalue weighted by atomic mass is 10.2. The molecule has 4 aromatic heterocycles. The maximum atomic E-state index is 13.3. The molecule has 0 aromatic carbocycles. The zero-order chi connectivity index (χ0) is 25.7. The van der Waals surface area contributed by atoms with Crippen LogP contribution in [0.2, 0.25) is 0 Å². The van der Waals surface area contributed by atoms with Gasteiger partial charge in [-0.1, -0.05) is 6.92 Å². The highest BCUT2D eigenvalue weighted by Crippen LogP contribution is 2.33. The number of imidazole rings is 1. The third kappa shape index (κ3) is 4.34. The van der Waals surface area contributed by atoms with E-state index in [1.807, 2.05) is 6.92 Å². The summed E-state index contributed by atoms with van der Waals surface area (Å²) in [5.74, 6) is 0.337. The SMILES string of the molecule is CCCn1c(=O)n(C2CC2)c(=O)c2[nH]c(-c3ccc(N(CC4CC4)C(=O)c4ccc(F)nc4)nc3)nc21. The summed E-state index contributed by atoms with van der Waals surface area (Å²) in [5.41, 5.74) is 0.863. The summed E-state index contributed by atoms with van der Waals surface area (Å²) < 4.78 is 16.2. The van der Waals surface area contributed by atoms with Crippen molar-refractivity contribution in [3.8, 4) is 11.4 Å². The minimum atomic E-state index is -0.646. The van der Waals surface area contributed by atoms with Crippen molar-refractivity contribution < 1.29 is 9.18 Å². The number of carbonyl (C=O) groups excluding carboxylic acids is 1. The number of hydrogen-bond donors (Lipinski definition) is 1. The number of carbonyl (C=O) groups is 1. The van der Waals surface area contributed by atoms with Crippen molar-refractivity contribution in [1.82, 2.24) is 29.1 Å². The number of nitrogens with one attached hydrogen (secondary N) is 1. The van der Waals surface area contributed by atoms with Crippen LogP contribution in [0.1, 0.15) is 55.4 Å². The van der Waals surface area contributed by atoms with E-state index in [2.05, 4.69) is 19.9 Å². The number of aromatic amines is 1. The summed E-state index contributed by atoms with van der Waals surface area (Å²) >= 11 is 0. The molecular formula is C26H26FN7O3. The zero-order valence-electron chi connectivity index (χ0n) is 20.4. The molecule has 2 saturated carbocycles. The van der Waals surface area contributed by atoms with Crippen molar-refractivity contribution in [1.29, 1.82) is 0 Å². The first-order valence-corrected chi connectivity index (χ1v) is 12.6. The number of nitrogens with zero attached hydrogens (tertiary/aromatic N) is 6. The number of amides is 1. The van der Waals surface area contributed by atoms with E-state index in [9.17, 15) is 18.8 Å². The molecule has 6 rings (SSSR count). The van der Waals surface area contributed by atoms with Crippen molar-refractivity contribution in [3.05, 3.63) is 69.0 Å². The molecule has 37 heavy (non-hydrogen) atoms. The van der Waals surface area contributed by atoms with Crippen LogP contribution in [0.5, 0.6) is 0 Å². The van der Waals surface area contributed by atoms with E-state index in [1.165, 1.54) is 16.8 Å². The van der Waals surface area contributed by atoms with Gasteiger partial charge in [-0.15, -0.1) is 0 Å². The van der Waals surface area contributed by atoms with Crippen molar-refractivity contribution >= 4 is 22.9 Å². The van der Waals surface area contributed by atoms with Crippen LogP contribution < -0.4 is 16.1 Å². The number of pyridine rings is 2. The zero-order valence-corrected chi connectivity index (χ0v) is 20.4. The van der Waals surface area contributed by atoms with Crippen LogP contribution in [0.4, 0.5) is 10.2 Å². The Morgan fingerprint density at radius 2 is 1.92 bits per heavy atom. The second-order valence-corrected chi connectivity index (χ2v) is 9.76.